The number of hydrazine groups is 1. The summed E-state index contributed by atoms with van der Waals surface area (Å²) in [4.78, 5) is 11.4. The normalized spacial score (nSPS) is 18.7. The number of aromatic nitrogens is 2. The van der Waals surface area contributed by atoms with E-state index >= 15 is 0 Å². The minimum absolute atomic E-state index is 0.206. The lowest BCUT2D eigenvalue weighted by atomic mass is 9.88. The number of piperidine rings is 1. The third-order valence-corrected chi connectivity index (χ3v) is 7.47. The number of hydrogen-bond donors (Lipinski definition) is 0. The molecule has 0 atom stereocenters. The lowest BCUT2D eigenvalue weighted by molar-refractivity contribution is -0.0463. The predicted octanol–water partition coefficient (Wildman–Crippen LogP) is 5.49. The van der Waals surface area contributed by atoms with Crippen molar-refractivity contribution >= 4 is 39.1 Å². The summed E-state index contributed by atoms with van der Waals surface area (Å²) in [5.74, 6) is 0.265. The largest absolute Gasteiger partial charge is 0.367 e. The van der Waals surface area contributed by atoms with E-state index in [1.54, 1.807) is 18.3 Å². The first kappa shape index (κ1) is 21.7. The van der Waals surface area contributed by atoms with E-state index in [0.717, 1.165) is 84.6 Å². The van der Waals surface area contributed by atoms with Crippen LogP contribution in [-0.2, 0) is 0 Å². The highest BCUT2D eigenvalue weighted by atomic mass is 35.5. The molecule has 34 heavy (non-hydrogen) atoms. The van der Waals surface area contributed by atoms with Crippen molar-refractivity contribution in [2.75, 3.05) is 44.2 Å². The maximum Gasteiger partial charge on any atom is 0.126 e. The summed E-state index contributed by atoms with van der Waals surface area (Å²) in [6, 6.07) is 15.1. The highest BCUT2D eigenvalue weighted by Gasteiger charge is 2.29. The first-order valence-corrected chi connectivity index (χ1v) is 12.4. The van der Waals surface area contributed by atoms with Crippen molar-refractivity contribution in [1.29, 1.82) is 0 Å². The van der Waals surface area contributed by atoms with Crippen LogP contribution >= 0.6 is 11.6 Å². The lowest BCUT2D eigenvalue weighted by Gasteiger charge is -2.44. The molecule has 0 amide bonds. The van der Waals surface area contributed by atoms with E-state index in [9.17, 15) is 4.39 Å². The monoisotopic (exact) mass is 475 g/mol. The predicted molar refractivity (Wildman–Crippen MR) is 136 cm³/mol. The van der Waals surface area contributed by atoms with Crippen LogP contribution in [0.25, 0.3) is 21.8 Å². The highest BCUT2D eigenvalue weighted by Crippen LogP contribution is 2.35. The van der Waals surface area contributed by atoms with Crippen molar-refractivity contribution in [3.05, 3.63) is 77.3 Å². The summed E-state index contributed by atoms with van der Waals surface area (Å²) < 4.78 is 14.2. The average Bonchev–Trinajstić information content (AvgIpc) is 2.88. The molecule has 2 aromatic heterocycles. The molecule has 2 aliphatic rings. The zero-order chi connectivity index (χ0) is 23.1. The number of fused-ring (bicyclic) bond motifs is 2. The molecule has 0 unspecified atom stereocenters. The molecule has 4 aromatic rings. The molecular weight excluding hydrogens is 449 g/mol. The smallest absolute Gasteiger partial charge is 0.126 e. The van der Waals surface area contributed by atoms with Crippen LogP contribution in [0.1, 0.15) is 24.3 Å². The Kier molecular flexibility index (Phi) is 5.81. The molecule has 0 spiro atoms. The Hall–Kier alpha value is -2.80. The minimum atomic E-state index is -0.206. The fourth-order valence-corrected chi connectivity index (χ4v) is 5.79. The molecule has 0 saturated carbocycles. The summed E-state index contributed by atoms with van der Waals surface area (Å²) in [5, 5.41) is 7.72. The number of benzene rings is 2. The Morgan fingerprint density at radius 3 is 2.15 bits per heavy atom. The molecule has 2 saturated heterocycles. The van der Waals surface area contributed by atoms with Crippen LogP contribution in [0.2, 0.25) is 5.02 Å². The second kappa shape index (κ2) is 9.10. The fourth-order valence-electron chi connectivity index (χ4n) is 5.55. The van der Waals surface area contributed by atoms with Gasteiger partial charge in [0.05, 0.1) is 16.7 Å². The van der Waals surface area contributed by atoms with Crippen molar-refractivity contribution in [3.8, 4) is 0 Å². The summed E-state index contributed by atoms with van der Waals surface area (Å²) in [6.07, 6.45) is 5.82. The van der Waals surface area contributed by atoms with Crippen molar-refractivity contribution in [3.63, 3.8) is 0 Å². The summed E-state index contributed by atoms with van der Waals surface area (Å²) in [6.45, 7) is 5.62. The molecule has 2 aromatic carbocycles. The first-order valence-electron chi connectivity index (χ1n) is 12.0. The van der Waals surface area contributed by atoms with Crippen molar-refractivity contribution in [2.24, 2.45) is 0 Å². The SMILES string of the molecule is Fc1cc(N2CCN(N3CCC(c4cc(Cl)cc5cccnc45)CC3)CC2)c2ncccc2c1. The Morgan fingerprint density at radius 1 is 0.765 bits per heavy atom. The maximum absolute atomic E-state index is 14.2. The summed E-state index contributed by atoms with van der Waals surface area (Å²) in [7, 11) is 0. The molecule has 0 N–H and O–H groups in total. The molecule has 0 radical (unpaired) electrons. The zero-order valence-corrected chi connectivity index (χ0v) is 19.8. The molecule has 6 rings (SSSR count). The molecule has 174 valence electrons. The van der Waals surface area contributed by atoms with Gasteiger partial charge < -0.3 is 4.90 Å². The molecule has 5 nitrogen and oxygen atoms in total. The maximum atomic E-state index is 14.2. The molecule has 7 heteroatoms. The van der Waals surface area contributed by atoms with Crippen LogP contribution in [0, 0.1) is 5.82 Å². The van der Waals surface area contributed by atoms with E-state index in [-0.39, 0.29) is 5.82 Å². The highest BCUT2D eigenvalue weighted by molar-refractivity contribution is 6.31. The number of anilines is 1. The van der Waals surface area contributed by atoms with Gasteiger partial charge in [-0.25, -0.2) is 14.4 Å². The van der Waals surface area contributed by atoms with E-state index in [4.69, 9.17) is 11.6 Å². The van der Waals surface area contributed by atoms with Crippen LogP contribution in [0.3, 0.4) is 0 Å². The van der Waals surface area contributed by atoms with Crippen molar-refractivity contribution in [2.45, 2.75) is 18.8 Å². The Balaban J connectivity index is 1.12. The third-order valence-electron chi connectivity index (χ3n) is 7.26. The van der Waals surface area contributed by atoms with Crippen molar-refractivity contribution < 1.29 is 4.39 Å². The van der Waals surface area contributed by atoms with Crippen LogP contribution in [-0.4, -0.2) is 59.3 Å². The van der Waals surface area contributed by atoms with E-state index in [1.165, 1.54) is 5.56 Å². The molecule has 2 aliphatic heterocycles. The summed E-state index contributed by atoms with van der Waals surface area (Å²) in [5.41, 5.74) is 4.13. The van der Waals surface area contributed by atoms with E-state index in [0.29, 0.717) is 5.92 Å². The summed E-state index contributed by atoms with van der Waals surface area (Å²) >= 11 is 6.42. The van der Waals surface area contributed by atoms with Gasteiger partial charge in [0.1, 0.15) is 5.82 Å². The average molecular weight is 476 g/mol. The van der Waals surface area contributed by atoms with Gasteiger partial charge in [-0.1, -0.05) is 23.7 Å². The molecule has 2 fully saturated rings. The van der Waals surface area contributed by atoms with Gasteiger partial charge >= 0.3 is 0 Å². The number of nitrogens with zero attached hydrogens (tertiary/aromatic N) is 5. The molecule has 0 bridgehead atoms. The number of piperazine rings is 1. The minimum Gasteiger partial charge on any atom is -0.367 e. The van der Waals surface area contributed by atoms with Gasteiger partial charge in [0.25, 0.3) is 0 Å². The van der Waals surface area contributed by atoms with Gasteiger partial charge in [0, 0.05) is 67.5 Å². The Morgan fingerprint density at radius 2 is 1.41 bits per heavy atom. The van der Waals surface area contributed by atoms with Gasteiger partial charge in [-0.15, -0.1) is 0 Å². The van der Waals surface area contributed by atoms with Gasteiger partial charge in [-0.05, 0) is 60.7 Å². The second-order valence-corrected chi connectivity index (χ2v) is 9.68. The Bertz CT molecular complexity index is 1230. The number of hydrogen-bond acceptors (Lipinski definition) is 5. The van der Waals surface area contributed by atoms with Crippen molar-refractivity contribution in [1.82, 2.24) is 20.0 Å². The zero-order valence-electron chi connectivity index (χ0n) is 19.0. The van der Waals surface area contributed by atoms with Crippen LogP contribution in [0.5, 0.6) is 0 Å². The van der Waals surface area contributed by atoms with E-state index in [1.807, 2.05) is 30.5 Å². The first-order chi connectivity index (χ1) is 16.7. The van der Waals surface area contributed by atoms with E-state index < -0.39 is 0 Å². The molecule has 4 heterocycles. The van der Waals surface area contributed by atoms with Crippen LogP contribution in [0.4, 0.5) is 10.1 Å². The molecule has 0 aliphatic carbocycles. The number of rotatable bonds is 3. The number of pyridine rings is 2. The lowest BCUT2D eigenvalue weighted by Crippen LogP contribution is -2.55. The third kappa shape index (κ3) is 4.11. The van der Waals surface area contributed by atoms with Crippen LogP contribution in [0.15, 0.2) is 60.9 Å². The van der Waals surface area contributed by atoms with Gasteiger partial charge in [-0.2, -0.15) is 0 Å². The fraction of sp³-hybridized carbons (Fsp3) is 0.333. The standard InChI is InChI=1S/C27H27ClFN5/c28-22-15-20-3-1-7-30-26(20)24(17-22)19-5-9-33(10-6-19)34-13-11-32(12-14-34)25-18-23(29)16-21-4-2-8-31-27(21)25/h1-4,7-8,15-19H,5-6,9-14H2. The van der Waals surface area contributed by atoms with Crippen LogP contribution < -0.4 is 4.90 Å². The Labute approximate surface area is 203 Å². The number of halogens is 2. The van der Waals surface area contributed by atoms with E-state index in [2.05, 4.69) is 37.0 Å². The topological polar surface area (TPSA) is 35.5 Å². The second-order valence-electron chi connectivity index (χ2n) is 9.24. The van der Waals surface area contributed by atoms with Gasteiger partial charge in [0.15, 0.2) is 0 Å². The molecular formula is C27H27ClFN5. The van der Waals surface area contributed by atoms with Gasteiger partial charge in [-0.3, -0.25) is 9.97 Å². The quantitative estimate of drug-likeness (QED) is 0.391. The van der Waals surface area contributed by atoms with Gasteiger partial charge in [0.2, 0.25) is 0 Å².